The average Bonchev–Trinajstić information content (AvgIpc) is 3.24. The summed E-state index contributed by atoms with van der Waals surface area (Å²) in [5, 5.41) is 7.24. The van der Waals surface area contributed by atoms with Gasteiger partial charge < -0.3 is 19.8 Å². The number of carbonyl (C=O) groups excluding carboxylic acids is 1. The van der Waals surface area contributed by atoms with Crippen molar-refractivity contribution in [3.05, 3.63) is 29.0 Å². The highest BCUT2D eigenvalue weighted by Gasteiger charge is 2.39. The van der Waals surface area contributed by atoms with Gasteiger partial charge in [-0.1, -0.05) is 11.3 Å². The SMILES string of the molecule is Cc1coc(Oc2ccc(C(=O)N[C@@H]3C[C@H]4CC[C@@H]3N4)s2)n1. The van der Waals surface area contributed by atoms with Crippen molar-refractivity contribution in [3.63, 3.8) is 0 Å². The number of fused-ring (bicyclic) bond motifs is 2. The van der Waals surface area contributed by atoms with Gasteiger partial charge in [0.25, 0.3) is 5.91 Å². The lowest BCUT2D eigenvalue weighted by molar-refractivity contribution is 0.0935. The first-order valence-electron chi connectivity index (χ1n) is 7.44. The van der Waals surface area contributed by atoms with E-state index in [2.05, 4.69) is 15.6 Å². The molecule has 2 bridgehead atoms. The number of carbonyl (C=O) groups is 1. The molecule has 0 aliphatic carbocycles. The van der Waals surface area contributed by atoms with Crippen LogP contribution in [-0.4, -0.2) is 29.0 Å². The van der Waals surface area contributed by atoms with Crippen LogP contribution >= 0.6 is 11.3 Å². The Morgan fingerprint density at radius 1 is 1.50 bits per heavy atom. The molecule has 0 aromatic carbocycles. The summed E-state index contributed by atoms with van der Waals surface area (Å²) in [6.45, 7) is 1.83. The second-order valence-corrected chi connectivity index (χ2v) is 6.88. The summed E-state index contributed by atoms with van der Waals surface area (Å²) >= 11 is 1.29. The molecular weight excluding hydrogens is 302 g/mol. The molecule has 116 valence electrons. The minimum absolute atomic E-state index is 0.0391. The summed E-state index contributed by atoms with van der Waals surface area (Å²) in [5.41, 5.74) is 0.758. The zero-order valence-corrected chi connectivity index (χ0v) is 13.0. The van der Waals surface area contributed by atoms with Crippen LogP contribution in [0.5, 0.6) is 11.1 Å². The molecule has 1 amide bonds. The van der Waals surface area contributed by atoms with E-state index < -0.39 is 0 Å². The highest BCUT2D eigenvalue weighted by Crippen LogP contribution is 2.31. The number of oxazole rings is 1. The number of nitrogens with one attached hydrogen (secondary N) is 2. The highest BCUT2D eigenvalue weighted by atomic mass is 32.1. The molecule has 0 unspecified atom stereocenters. The number of amides is 1. The van der Waals surface area contributed by atoms with Crippen LogP contribution in [0.15, 0.2) is 22.8 Å². The second kappa shape index (κ2) is 5.40. The molecule has 7 heteroatoms. The van der Waals surface area contributed by atoms with E-state index in [-0.39, 0.29) is 18.0 Å². The monoisotopic (exact) mass is 319 g/mol. The third-order valence-corrected chi connectivity index (χ3v) is 5.17. The van der Waals surface area contributed by atoms with Gasteiger partial charge in [0.2, 0.25) is 0 Å². The Kier molecular flexibility index (Phi) is 3.38. The fourth-order valence-electron chi connectivity index (χ4n) is 3.19. The Bertz CT molecular complexity index is 696. The van der Waals surface area contributed by atoms with Crippen LogP contribution in [0.25, 0.3) is 0 Å². The van der Waals surface area contributed by atoms with Crippen molar-refractivity contribution >= 4 is 17.2 Å². The molecule has 2 aliphatic rings. The van der Waals surface area contributed by atoms with E-state index in [1.54, 1.807) is 12.1 Å². The Morgan fingerprint density at radius 2 is 2.41 bits per heavy atom. The van der Waals surface area contributed by atoms with Crippen LogP contribution in [0, 0.1) is 6.92 Å². The van der Waals surface area contributed by atoms with E-state index >= 15 is 0 Å². The Balaban J connectivity index is 1.39. The van der Waals surface area contributed by atoms with Crippen LogP contribution in [0.3, 0.4) is 0 Å². The summed E-state index contributed by atoms with van der Waals surface area (Å²) in [7, 11) is 0. The van der Waals surface area contributed by atoms with Gasteiger partial charge in [0, 0.05) is 18.1 Å². The van der Waals surface area contributed by atoms with Gasteiger partial charge in [-0.25, -0.2) is 0 Å². The molecule has 0 radical (unpaired) electrons. The van der Waals surface area contributed by atoms with Crippen molar-refractivity contribution in [1.29, 1.82) is 0 Å². The normalized spacial score (nSPS) is 26.3. The predicted molar refractivity (Wildman–Crippen MR) is 81.4 cm³/mol. The molecule has 2 N–H and O–H groups in total. The summed E-state index contributed by atoms with van der Waals surface area (Å²) < 4.78 is 10.6. The zero-order valence-electron chi connectivity index (χ0n) is 12.2. The number of hydrogen-bond donors (Lipinski definition) is 2. The molecule has 2 aliphatic heterocycles. The van der Waals surface area contributed by atoms with Gasteiger partial charge in [0.05, 0.1) is 10.6 Å². The van der Waals surface area contributed by atoms with Crippen molar-refractivity contribution in [2.24, 2.45) is 0 Å². The number of hydrogen-bond acceptors (Lipinski definition) is 6. The second-order valence-electron chi connectivity index (χ2n) is 5.84. The molecule has 4 heterocycles. The van der Waals surface area contributed by atoms with Gasteiger partial charge in [-0.2, -0.15) is 4.98 Å². The smallest absolute Gasteiger partial charge is 0.400 e. The molecule has 0 saturated carbocycles. The highest BCUT2D eigenvalue weighted by molar-refractivity contribution is 7.15. The average molecular weight is 319 g/mol. The topological polar surface area (TPSA) is 76.4 Å². The molecule has 0 spiro atoms. The molecule has 2 fully saturated rings. The van der Waals surface area contributed by atoms with Crippen LogP contribution in [0.2, 0.25) is 0 Å². The number of nitrogens with zero attached hydrogens (tertiary/aromatic N) is 1. The van der Waals surface area contributed by atoms with Crippen molar-refractivity contribution < 1.29 is 13.9 Å². The minimum atomic E-state index is -0.0391. The first kappa shape index (κ1) is 13.8. The molecule has 22 heavy (non-hydrogen) atoms. The van der Waals surface area contributed by atoms with Crippen molar-refractivity contribution in [2.45, 2.75) is 44.3 Å². The van der Waals surface area contributed by atoms with Gasteiger partial charge in [-0.05, 0) is 38.3 Å². The van der Waals surface area contributed by atoms with Crippen LogP contribution in [0.1, 0.15) is 34.6 Å². The maximum Gasteiger partial charge on any atom is 0.400 e. The largest absolute Gasteiger partial charge is 0.417 e. The maximum atomic E-state index is 12.3. The van der Waals surface area contributed by atoms with Gasteiger partial charge in [-0.3, -0.25) is 4.79 Å². The fraction of sp³-hybridized carbons (Fsp3) is 0.467. The molecule has 2 aromatic heterocycles. The minimum Gasteiger partial charge on any atom is -0.417 e. The van der Waals surface area contributed by atoms with E-state index in [9.17, 15) is 4.79 Å². The van der Waals surface area contributed by atoms with Gasteiger partial charge in [-0.15, -0.1) is 0 Å². The third-order valence-electron chi connectivity index (χ3n) is 4.21. The van der Waals surface area contributed by atoms with Crippen molar-refractivity contribution in [3.8, 4) is 11.1 Å². The predicted octanol–water partition coefficient (Wildman–Crippen LogP) is 2.46. The molecule has 2 aromatic rings. The van der Waals surface area contributed by atoms with Crippen LogP contribution in [-0.2, 0) is 0 Å². The number of aryl methyl sites for hydroxylation is 1. The Hall–Kier alpha value is -1.86. The quantitative estimate of drug-likeness (QED) is 0.905. The van der Waals surface area contributed by atoms with Gasteiger partial charge >= 0.3 is 6.08 Å². The van der Waals surface area contributed by atoms with E-state index in [0.29, 0.717) is 22.0 Å². The number of thiophene rings is 1. The standard InChI is InChI=1S/C15H17N3O3S/c1-8-7-20-15(16-8)21-13-5-4-12(22-13)14(19)18-11-6-9-2-3-10(11)17-9/h4-5,7,9-11,17H,2-3,6H2,1H3,(H,18,19)/t9-,10+,11-/m1/s1. The molecule has 2 saturated heterocycles. The number of ether oxygens (including phenoxy) is 1. The van der Waals surface area contributed by atoms with E-state index in [1.165, 1.54) is 24.0 Å². The zero-order chi connectivity index (χ0) is 15.1. The Morgan fingerprint density at radius 3 is 3.09 bits per heavy atom. The number of aromatic nitrogens is 1. The van der Waals surface area contributed by atoms with Gasteiger partial charge in [0.1, 0.15) is 6.26 Å². The van der Waals surface area contributed by atoms with E-state index in [0.717, 1.165) is 18.5 Å². The van der Waals surface area contributed by atoms with Gasteiger partial charge in [0.15, 0.2) is 5.06 Å². The summed E-state index contributed by atoms with van der Waals surface area (Å²) in [6, 6.07) is 4.78. The van der Waals surface area contributed by atoms with Crippen LogP contribution in [0.4, 0.5) is 0 Å². The van der Waals surface area contributed by atoms with E-state index in [4.69, 9.17) is 9.15 Å². The van der Waals surface area contributed by atoms with Crippen LogP contribution < -0.4 is 15.4 Å². The van der Waals surface area contributed by atoms with E-state index in [1.807, 2.05) is 6.92 Å². The molecule has 3 atom stereocenters. The van der Waals surface area contributed by atoms with Crippen molar-refractivity contribution in [2.75, 3.05) is 0 Å². The summed E-state index contributed by atoms with van der Waals surface area (Å²) in [4.78, 5) is 17.0. The summed E-state index contributed by atoms with van der Waals surface area (Å²) in [6.07, 6.45) is 5.13. The lowest BCUT2D eigenvalue weighted by atomic mass is 9.95. The first-order chi connectivity index (χ1) is 10.7. The lowest BCUT2D eigenvalue weighted by Gasteiger charge is -2.20. The first-order valence-corrected chi connectivity index (χ1v) is 8.26. The lowest BCUT2D eigenvalue weighted by Crippen LogP contribution is -2.42. The number of rotatable bonds is 4. The molecular formula is C15H17N3O3S. The van der Waals surface area contributed by atoms with Crippen molar-refractivity contribution in [1.82, 2.24) is 15.6 Å². The molecule has 6 nitrogen and oxygen atoms in total. The summed E-state index contributed by atoms with van der Waals surface area (Å²) in [5.74, 6) is -0.0391. The Labute approximate surface area is 131 Å². The fourth-order valence-corrected chi connectivity index (χ4v) is 3.94. The maximum absolute atomic E-state index is 12.3. The third kappa shape index (κ3) is 2.62. The molecule has 4 rings (SSSR count).